The summed E-state index contributed by atoms with van der Waals surface area (Å²) in [5, 5.41) is 12.1. The molecule has 2 aromatic carbocycles. The molecular weight excluding hydrogens is 234 g/mol. The number of alkyl halides is 1. The molecule has 88 valence electrons. The van der Waals surface area contributed by atoms with Gasteiger partial charge in [0.25, 0.3) is 0 Å². The zero-order valence-corrected chi connectivity index (χ0v) is 10.4. The van der Waals surface area contributed by atoms with Gasteiger partial charge in [-0.05, 0) is 10.9 Å². The van der Waals surface area contributed by atoms with Gasteiger partial charge in [0, 0.05) is 42.5 Å². The molecule has 1 heterocycles. The van der Waals surface area contributed by atoms with E-state index in [4.69, 9.17) is 11.6 Å². The van der Waals surface area contributed by atoms with Gasteiger partial charge in [0.05, 0.1) is 0 Å². The van der Waals surface area contributed by atoms with Gasteiger partial charge in [0.1, 0.15) is 5.75 Å². The van der Waals surface area contributed by atoms with Gasteiger partial charge in [0.15, 0.2) is 0 Å². The van der Waals surface area contributed by atoms with Gasteiger partial charge in [-0.3, -0.25) is 0 Å². The van der Waals surface area contributed by atoms with Crippen LogP contribution in [-0.2, 0) is 0 Å². The highest BCUT2D eigenvalue weighted by Crippen LogP contribution is 2.44. The number of aromatic hydroxyl groups is 1. The van der Waals surface area contributed by atoms with Crippen molar-refractivity contribution in [1.29, 1.82) is 0 Å². The van der Waals surface area contributed by atoms with Crippen LogP contribution in [0.2, 0.25) is 0 Å². The van der Waals surface area contributed by atoms with E-state index >= 15 is 0 Å². The minimum absolute atomic E-state index is 0.349. The SMILES string of the molecule is CN1C[C@@H](CCl)c2c1cc(O)c1ccccc21. The Morgan fingerprint density at radius 2 is 2.06 bits per heavy atom. The summed E-state index contributed by atoms with van der Waals surface area (Å²) in [6, 6.07) is 9.82. The van der Waals surface area contributed by atoms with E-state index in [1.807, 2.05) is 31.3 Å². The number of phenolic OH excluding ortho intramolecular Hbond substituents is 1. The maximum atomic E-state index is 10.1. The minimum Gasteiger partial charge on any atom is -0.507 e. The van der Waals surface area contributed by atoms with E-state index in [0.29, 0.717) is 17.5 Å². The second kappa shape index (κ2) is 3.81. The first kappa shape index (κ1) is 10.7. The van der Waals surface area contributed by atoms with Crippen LogP contribution < -0.4 is 4.90 Å². The average molecular weight is 248 g/mol. The number of rotatable bonds is 1. The molecule has 17 heavy (non-hydrogen) atoms. The first-order valence-electron chi connectivity index (χ1n) is 5.74. The van der Waals surface area contributed by atoms with Crippen molar-refractivity contribution in [2.45, 2.75) is 5.92 Å². The summed E-state index contributed by atoms with van der Waals surface area (Å²) in [5.41, 5.74) is 2.38. The van der Waals surface area contributed by atoms with Crippen molar-refractivity contribution in [2.75, 3.05) is 24.4 Å². The molecule has 0 aliphatic carbocycles. The predicted molar refractivity (Wildman–Crippen MR) is 72.3 cm³/mol. The highest BCUT2D eigenvalue weighted by atomic mass is 35.5. The van der Waals surface area contributed by atoms with Crippen LogP contribution in [0.4, 0.5) is 5.69 Å². The lowest BCUT2D eigenvalue weighted by molar-refractivity contribution is 0.481. The molecule has 0 unspecified atom stereocenters. The molecular formula is C14H14ClNO. The van der Waals surface area contributed by atoms with E-state index in [9.17, 15) is 5.11 Å². The van der Waals surface area contributed by atoms with Crippen LogP contribution in [0.1, 0.15) is 11.5 Å². The van der Waals surface area contributed by atoms with Crippen molar-refractivity contribution in [3.05, 3.63) is 35.9 Å². The van der Waals surface area contributed by atoms with E-state index < -0.39 is 0 Å². The van der Waals surface area contributed by atoms with Gasteiger partial charge in [-0.15, -0.1) is 11.6 Å². The molecule has 3 rings (SSSR count). The van der Waals surface area contributed by atoms with Crippen LogP contribution in [-0.4, -0.2) is 24.6 Å². The summed E-state index contributed by atoms with van der Waals surface area (Å²) in [6.45, 7) is 0.923. The second-order valence-electron chi connectivity index (χ2n) is 4.61. The fourth-order valence-corrected chi connectivity index (χ4v) is 3.01. The highest BCUT2D eigenvalue weighted by Gasteiger charge is 2.28. The monoisotopic (exact) mass is 247 g/mol. The van der Waals surface area contributed by atoms with Gasteiger partial charge in [-0.25, -0.2) is 0 Å². The zero-order chi connectivity index (χ0) is 12.0. The largest absolute Gasteiger partial charge is 0.507 e. The van der Waals surface area contributed by atoms with E-state index in [2.05, 4.69) is 11.0 Å². The maximum Gasteiger partial charge on any atom is 0.125 e. The lowest BCUT2D eigenvalue weighted by Gasteiger charge is -2.13. The number of anilines is 1. The maximum absolute atomic E-state index is 10.1. The summed E-state index contributed by atoms with van der Waals surface area (Å²) < 4.78 is 0. The summed E-state index contributed by atoms with van der Waals surface area (Å²) >= 11 is 6.05. The lowest BCUT2D eigenvalue weighted by atomic mass is 9.95. The number of fused-ring (bicyclic) bond motifs is 3. The number of hydrogen-bond donors (Lipinski definition) is 1. The molecule has 0 amide bonds. The standard InChI is InChI=1S/C14H14ClNO/c1-16-8-9(7-15)14-11-5-3-2-4-10(11)13(17)6-12(14)16/h2-6,9,17H,7-8H2,1H3/t9-/m1/s1. The number of benzene rings is 2. The molecule has 1 N–H and O–H groups in total. The first-order valence-corrected chi connectivity index (χ1v) is 6.27. The smallest absolute Gasteiger partial charge is 0.125 e. The van der Waals surface area contributed by atoms with Gasteiger partial charge < -0.3 is 10.0 Å². The number of hydrogen-bond acceptors (Lipinski definition) is 2. The van der Waals surface area contributed by atoms with Crippen LogP contribution in [0.25, 0.3) is 10.8 Å². The zero-order valence-electron chi connectivity index (χ0n) is 9.65. The molecule has 0 saturated carbocycles. The predicted octanol–water partition coefficient (Wildman–Crippen LogP) is 3.32. The van der Waals surface area contributed by atoms with Crippen molar-refractivity contribution in [1.82, 2.24) is 0 Å². The Hall–Kier alpha value is -1.41. The molecule has 0 fully saturated rings. The molecule has 0 saturated heterocycles. The van der Waals surface area contributed by atoms with E-state index in [0.717, 1.165) is 23.0 Å². The highest BCUT2D eigenvalue weighted by molar-refractivity contribution is 6.18. The number of nitrogens with zero attached hydrogens (tertiary/aromatic N) is 1. The number of halogens is 1. The summed E-state index contributed by atoms with van der Waals surface area (Å²) in [5.74, 6) is 1.31. The molecule has 2 aromatic rings. The quantitative estimate of drug-likeness (QED) is 0.782. The Kier molecular flexibility index (Phi) is 2.40. The summed E-state index contributed by atoms with van der Waals surface area (Å²) in [4.78, 5) is 2.16. The first-order chi connectivity index (χ1) is 8.22. The minimum atomic E-state index is 0.349. The molecule has 0 radical (unpaired) electrons. The molecule has 0 spiro atoms. The van der Waals surface area contributed by atoms with Crippen molar-refractivity contribution in [3.8, 4) is 5.75 Å². The Morgan fingerprint density at radius 1 is 1.35 bits per heavy atom. The fourth-order valence-electron chi connectivity index (χ4n) is 2.76. The average Bonchev–Trinajstić information content (AvgIpc) is 2.67. The van der Waals surface area contributed by atoms with Crippen molar-refractivity contribution in [2.24, 2.45) is 0 Å². The third-order valence-corrected chi connectivity index (χ3v) is 3.92. The Morgan fingerprint density at radius 3 is 2.76 bits per heavy atom. The Bertz CT molecular complexity index is 582. The molecule has 0 bridgehead atoms. The normalized spacial score (nSPS) is 18.7. The molecule has 1 aliphatic rings. The third kappa shape index (κ3) is 1.48. The third-order valence-electron chi connectivity index (χ3n) is 3.54. The molecule has 1 aliphatic heterocycles. The van der Waals surface area contributed by atoms with Gasteiger partial charge in [-0.2, -0.15) is 0 Å². The van der Waals surface area contributed by atoms with Crippen LogP contribution in [0.15, 0.2) is 30.3 Å². The van der Waals surface area contributed by atoms with Gasteiger partial charge in [-0.1, -0.05) is 24.3 Å². The lowest BCUT2D eigenvalue weighted by Crippen LogP contribution is -2.15. The summed E-state index contributed by atoms with van der Waals surface area (Å²) in [6.07, 6.45) is 0. The number of likely N-dealkylation sites (N-methyl/N-ethyl adjacent to an activating group) is 1. The van der Waals surface area contributed by atoms with Crippen LogP contribution in [0.3, 0.4) is 0 Å². The van der Waals surface area contributed by atoms with E-state index in [-0.39, 0.29) is 0 Å². The topological polar surface area (TPSA) is 23.5 Å². The van der Waals surface area contributed by atoms with Crippen LogP contribution in [0.5, 0.6) is 5.75 Å². The van der Waals surface area contributed by atoms with Crippen molar-refractivity contribution < 1.29 is 5.11 Å². The fraction of sp³-hybridized carbons (Fsp3) is 0.286. The van der Waals surface area contributed by atoms with E-state index in [1.165, 1.54) is 5.56 Å². The van der Waals surface area contributed by atoms with E-state index in [1.54, 1.807) is 0 Å². The second-order valence-corrected chi connectivity index (χ2v) is 4.91. The van der Waals surface area contributed by atoms with Gasteiger partial charge >= 0.3 is 0 Å². The van der Waals surface area contributed by atoms with Gasteiger partial charge in [0.2, 0.25) is 0 Å². The molecule has 1 atom stereocenters. The Labute approximate surface area is 105 Å². The molecule has 0 aromatic heterocycles. The van der Waals surface area contributed by atoms with Crippen LogP contribution >= 0.6 is 11.6 Å². The Balaban J connectivity index is 2.38. The molecule has 3 heteroatoms. The van der Waals surface area contributed by atoms with Crippen LogP contribution in [0, 0.1) is 0 Å². The van der Waals surface area contributed by atoms with Crippen molar-refractivity contribution >= 4 is 28.1 Å². The number of phenols is 1. The summed E-state index contributed by atoms with van der Waals surface area (Å²) in [7, 11) is 2.04. The molecule has 2 nitrogen and oxygen atoms in total. The van der Waals surface area contributed by atoms with Crippen molar-refractivity contribution in [3.63, 3.8) is 0 Å².